The zero-order chi connectivity index (χ0) is 10.8. The zero-order valence-corrected chi connectivity index (χ0v) is 6.81. The lowest BCUT2D eigenvalue weighted by Gasteiger charge is -2.12. The van der Waals surface area contributed by atoms with Crippen molar-refractivity contribution in [2.45, 2.75) is 18.8 Å². The van der Waals surface area contributed by atoms with E-state index in [1.165, 1.54) is 12.4 Å². The van der Waals surface area contributed by atoms with Crippen LogP contribution in [-0.2, 0) is 11.2 Å². The molecule has 1 aromatic rings. The Bertz CT molecular complexity index is 309. The van der Waals surface area contributed by atoms with Crippen molar-refractivity contribution in [1.29, 1.82) is 0 Å². The van der Waals surface area contributed by atoms with E-state index in [2.05, 4.69) is 9.97 Å². The standard InChI is InChI=1S/C7H6F4N2O/c8-6(9)7(10,11)4(14)3-5-12-1-2-13-5/h1-2,6H,3H2,(H,12,13). The van der Waals surface area contributed by atoms with E-state index in [-0.39, 0.29) is 5.82 Å². The molecule has 0 unspecified atom stereocenters. The maximum atomic E-state index is 12.4. The highest BCUT2D eigenvalue weighted by atomic mass is 19.3. The van der Waals surface area contributed by atoms with Gasteiger partial charge in [-0.15, -0.1) is 0 Å². The van der Waals surface area contributed by atoms with Gasteiger partial charge in [-0.05, 0) is 0 Å². The lowest BCUT2D eigenvalue weighted by Crippen LogP contribution is -2.37. The summed E-state index contributed by atoms with van der Waals surface area (Å²) in [6, 6.07) is 0. The molecule has 14 heavy (non-hydrogen) atoms. The molecule has 1 rings (SSSR count). The molecule has 0 saturated heterocycles. The highest BCUT2D eigenvalue weighted by Gasteiger charge is 2.48. The Morgan fingerprint density at radius 3 is 2.64 bits per heavy atom. The Labute approximate surface area is 76.1 Å². The minimum Gasteiger partial charge on any atom is -0.348 e. The molecule has 0 aromatic carbocycles. The average molecular weight is 210 g/mol. The second-order valence-electron chi connectivity index (χ2n) is 2.56. The number of nitrogens with one attached hydrogen (secondary N) is 1. The summed E-state index contributed by atoms with van der Waals surface area (Å²) in [5, 5.41) is 0. The molecule has 0 atom stereocenters. The molecule has 0 radical (unpaired) electrons. The number of H-pyrrole nitrogens is 1. The van der Waals surface area contributed by atoms with E-state index in [0.29, 0.717) is 0 Å². The fourth-order valence-corrected chi connectivity index (χ4v) is 0.786. The first-order valence-electron chi connectivity index (χ1n) is 3.62. The van der Waals surface area contributed by atoms with Crippen molar-refractivity contribution in [3.05, 3.63) is 18.2 Å². The molecule has 0 aliphatic heterocycles. The van der Waals surface area contributed by atoms with E-state index in [1.54, 1.807) is 0 Å². The molecule has 0 fully saturated rings. The lowest BCUT2D eigenvalue weighted by atomic mass is 10.1. The summed E-state index contributed by atoms with van der Waals surface area (Å²) in [7, 11) is 0. The number of hydrogen-bond donors (Lipinski definition) is 1. The highest BCUT2D eigenvalue weighted by molar-refractivity contribution is 5.87. The van der Waals surface area contributed by atoms with E-state index >= 15 is 0 Å². The Morgan fingerprint density at radius 1 is 1.57 bits per heavy atom. The molecule has 7 heteroatoms. The Morgan fingerprint density at radius 2 is 2.21 bits per heavy atom. The summed E-state index contributed by atoms with van der Waals surface area (Å²) in [5.41, 5.74) is 0. The van der Waals surface area contributed by atoms with E-state index < -0.39 is 24.6 Å². The fourth-order valence-electron chi connectivity index (χ4n) is 0.786. The summed E-state index contributed by atoms with van der Waals surface area (Å²) in [6.07, 6.45) is -2.26. The molecular weight excluding hydrogens is 204 g/mol. The van der Waals surface area contributed by atoms with Crippen molar-refractivity contribution in [1.82, 2.24) is 9.97 Å². The van der Waals surface area contributed by atoms with Gasteiger partial charge in [-0.25, -0.2) is 13.8 Å². The Kier molecular flexibility index (Phi) is 2.87. The topological polar surface area (TPSA) is 45.8 Å². The number of carbonyl (C=O) groups is 1. The molecular formula is C7H6F4N2O. The predicted molar refractivity (Wildman–Crippen MR) is 38.2 cm³/mol. The van der Waals surface area contributed by atoms with Gasteiger partial charge in [0.15, 0.2) is 0 Å². The number of hydrogen-bond acceptors (Lipinski definition) is 2. The molecule has 0 bridgehead atoms. The van der Waals surface area contributed by atoms with E-state index in [4.69, 9.17) is 0 Å². The maximum Gasteiger partial charge on any atom is 0.364 e. The van der Waals surface area contributed by atoms with Crippen molar-refractivity contribution in [3.63, 3.8) is 0 Å². The normalized spacial score (nSPS) is 12.1. The van der Waals surface area contributed by atoms with E-state index in [0.717, 1.165) is 0 Å². The van der Waals surface area contributed by atoms with Crippen LogP contribution in [0.5, 0.6) is 0 Å². The molecule has 0 saturated carbocycles. The third kappa shape index (κ3) is 2.09. The van der Waals surface area contributed by atoms with Crippen LogP contribution >= 0.6 is 0 Å². The maximum absolute atomic E-state index is 12.4. The van der Waals surface area contributed by atoms with Crippen LogP contribution in [0.15, 0.2) is 12.4 Å². The van der Waals surface area contributed by atoms with Gasteiger partial charge in [-0.2, -0.15) is 8.78 Å². The lowest BCUT2D eigenvalue weighted by molar-refractivity contribution is -0.166. The van der Waals surface area contributed by atoms with Crippen LogP contribution in [0, 0.1) is 0 Å². The molecule has 1 N–H and O–H groups in total. The van der Waals surface area contributed by atoms with Gasteiger partial charge < -0.3 is 4.98 Å². The van der Waals surface area contributed by atoms with Gasteiger partial charge >= 0.3 is 12.3 Å². The van der Waals surface area contributed by atoms with Gasteiger partial charge in [-0.1, -0.05) is 0 Å². The Hall–Kier alpha value is -1.40. The first-order chi connectivity index (χ1) is 6.44. The number of carbonyl (C=O) groups excluding carboxylic acids is 1. The zero-order valence-electron chi connectivity index (χ0n) is 6.81. The van der Waals surface area contributed by atoms with Crippen LogP contribution in [-0.4, -0.2) is 28.1 Å². The van der Waals surface area contributed by atoms with Crippen molar-refractivity contribution in [3.8, 4) is 0 Å². The minimum absolute atomic E-state index is 0.0599. The van der Waals surface area contributed by atoms with Crippen LogP contribution in [0.2, 0.25) is 0 Å². The average Bonchev–Trinajstić information content (AvgIpc) is 2.56. The molecule has 1 aromatic heterocycles. The number of halogens is 4. The van der Waals surface area contributed by atoms with Gasteiger partial charge in [0.25, 0.3) is 0 Å². The van der Waals surface area contributed by atoms with Crippen molar-refractivity contribution >= 4 is 5.78 Å². The first-order valence-corrected chi connectivity index (χ1v) is 3.62. The van der Waals surface area contributed by atoms with Gasteiger partial charge in [0.1, 0.15) is 5.82 Å². The number of aromatic nitrogens is 2. The fraction of sp³-hybridized carbons (Fsp3) is 0.429. The highest BCUT2D eigenvalue weighted by Crippen LogP contribution is 2.24. The monoisotopic (exact) mass is 210 g/mol. The summed E-state index contributed by atoms with van der Waals surface area (Å²) >= 11 is 0. The molecule has 0 aliphatic rings. The number of aromatic amines is 1. The molecule has 3 nitrogen and oxygen atoms in total. The van der Waals surface area contributed by atoms with Gasteiger partial charge in [-0.3, -0.25) is 4.79 Å². The second kappa shape index (κ2) is 3.77. The summed E-state index contributed by atoms with van der Waals surface area (Å²) in [4.78, 5) is 16.5. The van der Waals surface area contributed by atoms with E-state index in [9.17, 15) is 22.4 Å². The minimum atomic E-state index is -4.60. The Balaban J connectivity index is 2.67. The van der Waals surface area contributed by atoms with Gasteiger partial charge in [0, 0.05) is 12.4 Å². The van der Waals surface area contributed by atoms with Crippen LogP contribution < -0.4 is 0 Å². The quantitative estimate of drug-likeness (QED) is 0.764. The predicted octanol–water partition coefficient (Wildman–Crippen LogP) is 1.42. The van der Waals surface area contributed by atoms with Gasteiger partial charge in [0.2, 0.25) is 5.78 Å². The molecule has 78 valence electrons. The van der Waals surface area contributed by atoms with Crippen LogP contribution in [0.1, 0.15) is 5.82 Å². The van der Waals surface area contributed by atoms with Crippen molar-refractivity contribution in [2.24, 2.45) is 0 Å². The summed E-state index contributed by atoms with van der Waals surface area (Å²) in [6.45, 7) is 0. The van der Waals surface area contributed by atoms with Crippen molar-refractivity contribution < 1.29 is 22.4 Å². The second-order valence-corrected chi connectivity index (χ2v) is 2.56. The van der Waals surface area contributed by atoms with Gasteiger partial charge in [0.05, 0.1) is 6.42 Å². The molecule has 0 spiro atoms. The largest absolute Gasteiger partial charge is 0.364 e. The van der Waals surface area contributed by atoms with Crippen molar-refractivity contribution in [2.75, 3.05) is 0 Å². The summed E-state index contributed by atoms with van der Waals surface area (Å²) < 4.78 is 48.2. The van der Waals surface area contributed by atoms with E-state index in [1.807, 2.05) is 0 Å². The number of ketones is 1. The SMILES string of the molecule is O=C(Cc1ncc[nH]1)C(F)(F)C(F)F. The number of alkyl halides is 4. The molecule has 0 amide bonds. The number of Topliss-reactive ketones (excluding diaryl/α,β-unsaturated/α-hetero) is 1. The third-order valence-corrected chi connectivity index (χ3v) is 1.53. The number of imidazole rings is 1. The van der Waals surface area contributed by atoms with Crippen LogP contribution in [0.3, 0.4) is 0 Å². The molecule has 1 heterocycles. The number of rotatable bonds is 4. The van der Waals surface area contributed by atoms with Crippen LogP contribution in [0.4, 0.5) is 17.6 Å². The third-order valence-electron chi connectivity index (χ3n) is 1.53. The summed E-state index contributed by atoms with van der Waals surface area (Å²) in [5.74, 6) is -6.51. The number of nitrogens with zero attached hydrogens (tertiary/aromatic N) is 1. The van der Waals surface area contributed by atoms with Crippen LogP contribution in [0.25, 0.3) is 0 Å². The molecule has 0 aliphatic carbocycles. The first kappa shape index (κ1) is 10.7. The smallest absolute Gasteiger partial charge is 0.348 e.